The standard InChI is InChI=1S/C15H17N3/c16-13-5-1-6-14(10-13)18-9-3-7-15(18)12-4-2-8-17-11-12/h1-2,4-6,8,10-11,15H,3,7,9,16H2. The Balaban J connectivity index is 1.92. The number of nitrogens with zero attached hydrogens (tertiary/aromatic N) is 2. The first-order valence-corrected chi connectivity index (χ1v) is 6.37. The number of nitrogens with two attached hydrogens (primary N) is 1. The second-order valence-corrected chi connectivity index (χ2v) is 4.73. The maximum atomic E-state index is 5.87. The minimum atomic E-state index is 0.431. The van der Waals surface area contributed by atoms with Crippen molar-refractivity contribution < 1.29 is 0 Å². The van der Waals surface area contributed by atoms with Gasteiger partial charge in [-0.05, 0) is 42.7 Å². The van der Waals surface area contributed by atoms with E-state index >= 15 is 0 Å². The fourth-order valence-electron chi connectivity index (χ4n) is 2.70. The van der Waals surface area contributed by atoms with Gasteiger partial charge in [0.1, 0.15) is 0 Å². The average Bonchev–Trinajstić information content (AvgIpc) is 2.89. The van der Waals surface area contributed by atoms with Crippen LogP contribution in [0.3, 0.4) is 0 Å². The van der Waals surface area contributed by atoms with Gasteiger partial charge in [0.05, 0.1) is 6.04 Å². The molecular weight excluding hydrogens is 222 g/mol. The molecule has 0 saturated carbocycles. The lowest BCUT2D eigenvalue weighted by Crippen LogP contribution is -2.22. The van der Waals surface area contributed by atoms with Gasteiger partial charge in [-0.25, -0.2) is 0 Å². The van der Waals surface area contributed by atoms with Crippen molar-refractivity contribution in [2.24, 2.45) is 0 Å². The van der Waals surface area contributed by atoms with E-state index in [4.69, 9.17) is 5.73 Å². The van der Waals surface area contributed by atoms with Crippen molar-refractivity contribution in [3.63, 3.8) is 0 Å². The monoisotopic (exact) mass is 239 g/mol. The molecule has 1 saturated heterocycles. The second kappa shape index (κ2) is 4.69. The molecule has 1 aromatic carbocycles. The maximum absolute atomic E-state index is 5.87. The van der Waals surface area contributed by atoms with Crippen molar-refractivity contribution in [1.82, 2.24) is 4.98 Å². The minimum absolute atomic E-state index is 0.431. The number of aromatic nitrogens is 1. The van der Waals surface area contributed by atoms with Crippen molar-refractivity contribution in [3.8, 4) is 0 Å². The molecule has 1 atom stereocenters. The smallest absolute Gasteiger partial charge is 0.0558 e. The molecular formula is C15H17N3. The Hall–Kier alpha value is -2.03. The molecule has 0 amide bonds. The molecule has 3 heteroatoms. The van der Waals surface area contributed by atoms with Gasteiger partial charge in [-0.2, -0.15) is 0 Å². The highest BCUT2D eigenvalue weighted by Crippen LogP contribution is 2.36. The Morgan fingerprint density at radius 1 is 1.22 bits per heavy atom. The van der Waals surface area contributed by atoms with Crippen LogP contribution in [-0.2, 0) is 0 Å². The first kappa shape index (κ1) is 11.1. The number of anilines is 2. The van der Waals surface area contributed by atoms with Crippen LogP contribution < -0.4 is 10.6 Å². The lowest BCUT2D eigenvalue weighted by atomic mass is 10.1. The highest BCUT2D eigenvalue weighted by atomic mass is 15.2. The van der Waals surface area contributed by atoms with Crippen molar-refractivity contribution in [2.75, 3.05) is 17.2 Å². The van der Waals surface area contributed by atoms with Gasteiger partial charge in [0.15, 0.2) is 0 Å². The molecule has 18 heavy (non-hydrogen) atoms. The van der Waals surface area contributed by atoms with E-state index in [1.54, 1.807) is 0 Å². The quantitative estimate of drug-likeness (QED) is 0.819. The normalized spacial score (nSPS) is 19.1. The summed E-state index contributed by atoms with van der Waals surface area (Å²) >= 11 is 0. The number of benzene rings is 1. The van der Waals surface area contributed by atoms with Crippen molar-refractivity contribution in [3.05, 3.63) is 54.4 Å². The molecule has 1 unspecified atom stereocenters. The molecule has 3 rings (SSSR count). The van der Waals surface area contributed by atoms with E-state index in [0.717, 1.165) is 12.2 Å². The van der Waals surface area contributed by atoms with Gasteiger partial charge in [-0.15, -0.1) is 0 Å². The fourth-order valence-corrected chi connectivity index (χ4v) is 2.70. The van der Waals surface area contributed by atoms with E-state index in [0.29, 0.717) is 6.04 Å². The van der Waals surface area contributed by atoms with Crippen LogP contribution in [0.5, 0.6) is 0 Å². The molecule has 0 aliphatic carbocycles. The summed E-state index contributed by atoms with van der Waals surface area (Å²) in [4.78, 5) is 6.65. The molecule has 0 spiro atoms. The Morgan fingerprint density at radius 2 is 2.17 bits per heavy atom. The minimum Gasteiger partial charge on any atom is -0.399 e. The van der Waals surface area contributed by atoms with Gasteiger partial charge in [-0.3, -0.25) is 4.98 Å². The first-order chi connectivity index (χ1) is 8.84. The molecule has 0 radical (unpaired) electrons. The summed E-state index contributed by atoms with van der Waals surface area (Å²) in [6.45, 7) is 1.09. The van der Waals surface area contributed by atoms with Crippen LogP contribution in [0.4, 0.5) is 11.4 Å². The summed E-state index contributed by atoms with van der Waals surface area (Å²) in [6.07, 6.45) is 6.19. The molecule has 0 bridgehead atoms. The summed E-state index contributed by atoms with van der Waals surface area (Å²) in [7, 11) is 0. The average molecular weight is 239 g/mol. The molecule has 2 heterocycles. The van der Waals surface area contributed by atoms with E-state index in [2.05, 4.69) is 28.1 Å². The second-order valence-electron chi connectivity index (χ2n) is 4.73. The number of hydrogen-bond acceptors (Lipinski definition) is 3. The van der Waals surface area contributed by atoms with Crippen molar-refractivity contribution in [1.29, 1.82) is 0 Å². The predicted octanol–water partition coefficient (Wildman–Crippen LogP) is 3.01. The van der Waals surface area contributed by atoms with E-state index in [-0.39, 0.29) is 0 Å². The SMILES string of the molecule is Nc1cccc(N2CCCC2c2cccnc2)c1. The highest BCUT2D eigenvalue weighted by Gasteiger charge is 2.26. The lowest BCUT2D eigenvalue weighted by Gasteiger charge is -2.27. The van der Waals surface area contributed by atoms with Gasteiger partial charge >= 0.3 is 0 Å². The van der Waals surface area contributed by atoms with Crippen LogP contribution in [0, 0.1) is 0 Å². The summed E-state index contributed by atoms with van der Waals surface area (Å²) in [6, 6.07) is 12.7. The number of hydrogen-bond donors (Lipinski definition) is 1. The maximum Gasteiger partial charge on any atom is 0.0558 e. The zero-order chi connectivity index (χ0) is 12.4. The first-order valence-electron chi connectivity index (χ1n) is 6.37. The van der Waals surface area contributed by atoms with E-state index in [9.17, 15) is 0 Å². The Bertz CT molecular complexity index is 524. The molecule has 1 aliphatic heterocycles. The highest BCUT2D eigenvalue weighted by molar-refractivity contribution is 5.57. The molecule has 3 nitrogen and oxygen atoms in total. The van der Waals surface area contributed by atoms with E-state index < -0.39 is 0 Å². The van der Waals surface area contributed by atoms with E-state index in [1.165, 1.54) is 24.1 Å². The van der Waals surface area contributed by atoms with Gasteiger partial charge in [0.2, 0.25) is 0 Å². The van der Waals surface area contributed by atoms with Crippen LogP contribution in [-0.4, -0.2) is 11.5 Å². The van der Waals surface area contributed by atoms with Gasteiger partial charge < -0.3 is 10.6 Å². The molecule has 2 N–H and O–H groups in total. The Kier molecular flexibility index (Phi) is 2.89. The third kappa shape index (κ3) is 2.04. The van der Waals surface area contributed by atoms with Crippen LogP contribution >= 0.6 is 0 Å². The van der Waals surface area contributed by atoms with Crippen LogP contribution in [0.25, 0.3) is 0 Å². The Morgan fingerprint density at radius 3 is 2.94 bits per heavy atom. The molecule has 1 fully saturated rings. The van der Waals surface area contributed by atoms with Crippen molar-refractivity contribution >= 4 is 11.4 Å². The Labute approximate surface area is 107 Å². The van der Waals surface area contributed by atoms with Gasteiger partial charge in [0, 0.05) is 30.3 Å². The predicted molar refractivity (Wildman–Crippen MR) is 74.4 cm³/mol. The summed E-state index contributed by atoms with van der Waals surface area (Å²) in [5.41, 5.74) is 9.19. The molecule has 2 aromatic rings. The van der Waals surface area contributed by atoms with Crippen molar-refractivity contribution in [2.45, 2.75) is 18.9 Å². The number of pyridine rings is 1. The number of nitrogen functional groups attached to an aromatic ring is 1. The number of rotatable bonds is 2. The van der Waals surface area contributed by atoms with Gasteiger partial charge in [-0.1, -0.05) is 12.1 Å². The van der Waals surface area contributed by atoms with Crippen LogP contribution in [0.1, 0.15) is 24.4 Å². The van der Waals surface area contributed by atoms with Crippen LogP contribution in [0.15, 0.2) is 48.8 Å². The zero-order valence-corrected chi connectivity index (χ0v) is 10.3. The summed E-state index contributed by atoms with van der Waals surface area (Å²) in [5.74, 6) is 0. The van der Waals surface area contributed by atoms with E-state index in [1.807, 2.05) is 30.6 Å². The molecule has 1 aliphatic rings. The summed E-state index contributed by atoms with van der Waals surface area (Å²) in [5, 5.41) is 0. The molecule has 1 aromatic heterocycles. The third-order valence-corrected chi connectivity index (χ3v) is 3.52. The molecule has 92 valence electrons. The fraction of sp³-hybridized carbons (Fsp3) is 0.267. The van der Waals surface area contributed by atoms with Crippen LogP contribution in [0.2, 0.25) is 0 Å². The third-order valence-electron chi connectivity index (χ3n) is 3.52. The lowest BCUT2D eigenvalue weighted by molar-refractivity contribution is 0.715. The summed E-state index contributed by atoms with van der Waals surface area (Å²) < 4.78 is 0. The van der Waals surface area contributed by atoms with Gasteiger partial charge in [0.25, 0.3) is 0 Å². The zero-order valence-electron chi connectivity index (χ0n) is 10.3. The largest absolute Gasteiger partial charge is 0.399 e. The topological polar surface area (TPSA) is 42.1 Å².